The van der Waals surface area contributed by atoms with Crippen LogP contribution in [0.25, 0.3) is 22.3 Å². The standard InChI is InChI=1S/C29H32F2O3.C28H30F2O3/c1-3-5-6-7-8-18-33-27-17-15-24(20-26(27)31)22-11-13-23(14-12-22)29(32)34-28-16-10-21(9-4-2)19-25(28)30;1-3-5-6-7-8-17-32-26-16-14-23(19-25(26)30)21-10-12-22(13-11-21)28(31)33-27-15-9-20(4-2)18-24(27)29/h10-17,19-20H,3-9,18H2,1-2H3;9-16,18-19H,3-8,17H2,1-2H3. The minimum Gasteiger partial charge on any atom is -0.491 e. The summed E-state index contributed by atoms with van der Waals surface area (Å²) in [5.41, 5.74) is 5.08. The third-order valence-electron chi connectivity index (χ3n) is 11.1. The molecule has 0 fully saturated rings. The van der Waals surface area contributed by atoms with Gasteiger partial charge in [-0.1, -0.05) is 134 Å². The molecule has 0 aromatic heterocycles. The number of hydrogen-bond acceptors (Lipinski definition) is 6. The smallest absolute Gasteiger partial charge is 0.343 e. The SMILES string of the molecule is CCCCCCCOc1ccc(-c2ccc(C(=O)Oc3ccc(CC)cc3F)cc2)cc1F.CCCCCCCOc1ccc(-c2ccc(C(=O)Oc3ccc(CCC)cc3F)cc2)cc1F. The molecule has 0 amide bonds. The Morgan fingerprint density at radius 3 is 1.15 bits per heavy atom. The Hall–Kier alpha value is -6.42. The summed E-state index contributed by atoms with van der Waals surface area (Å²) in [5, 5.41) is 0. The largest absolute Gasteiger partial charge is 0.491 e. The van der Waals surface area contributed by atoms with Gasteiger partial charge in [0, 0.05) is 0 Å². The highest BCUT2D eigenvalue weighted by atomic mass is 19.1. The predicted octanol–water partition coefficient (Wildman–Crippen LogP) is 15.9. The van der Waals surface area contributed by atoms with Crippen LogP contribution in [0.4, 0.5) is 17.6 Å². The zero-order chi connectivity index (χ0) is 48.0. The van der Waals surface area contributed by atoms with E-state index in [2.05, 4.69) is 13.8 Å². The number of rotatable bonds is 23. The monoisotopic (exact) mass is 918 g/mol. The van der Waals surface area contributed by atoms with E-state index in [0.717, 1.165) is 60.8 Å². The predicted molar refractivity (Wildman–Crippen MR) is 258 cm³/mol. The summed E-state index contributed by atoms with van der Waals surface area (Å²) in [6.45, 7) is 9.27. The lowest BCUT2D eigenvalue weighted by atomic mass is 10.0. The van der Waals surface area contributed by atoms with Crippen LogP contribution in [0.3, 0.4) is 0 Å². The van der Waals surface area contributed by atoms with Gasteiger partial charge in [0.2, 0.25) is 0 Å². The van der Waals surface area contributed by atoms with Crippen molar-refractivity contribution < 1.29 is 46.1 Å². The van der Waals surface area contributed by atoms with Gasteiger partial charge in [0.25, 0.3) is 0 Å². The lowest BCUT2D eigenvalue weighted by Gasteiger charge is -2.10. The number of ether oxygens (including phenoxy) is 4. The van der Waals surface area contributed by atoms with Crippen LogP contribution in [-0.2, 0) is 12.8 Å². The molecule has 0 saturated carbocycles. The van der Waals surface area contributed by atoms with Crippen molar-refractivity contribution in [3.05, 3.63) is 167 Å². The third-order valence-corrected chi connectivity index (χ3v) is 11.1. The topological polar surface area (TPSA) is 71.1 Å². The van der Waals surface area contributed by atoms with Crippen LogP contribution < -0.4 is 18.9 Å². The van der Waals surface area contributed by atoms with Gasteiger partial charge in [0.05, 0.1) is 24.3 Å². The fourth-order valence-electron chi connectivity index (χ4n) is 7.20. The molecule has 0 bridgehead atoms. The summed E-state index contributed by atoms with van der Waals surface area (Å²) < 4.78 is 78.9. The zero-order valence-electron chi connectivity index (χ0n) is 39.1. The number of benzene rings is 6. The number of carbonyl (C=O) groups excluding carboxylic acids is 2. The molecule has 0 radical (unpaired) electrons. The molecule has 6 rings (SSSR count). The first kappa shape index (κ1) is 51.6. The maximum Gasteiger partial charge on any atom is 0.343 e. The van der Waals surface area contributed by atoms with E-state index in [-0.39, 0.29) is 34.1 Å². The van der Waals surface area contributed by atoms with E-state index in [1.807, 2.05) is 13.8 Å². The summed E-state index contributed by atoms with van der Waals surface area (Å²) in [4.78, 5) is 24.8. The first-order valence-electron chi connectivity index (χ1n) is 23.6. The van der Waals surface area contributed by atoms with Crippen molar-refractivity contribution in [2.24, 2.45) is 0 Å². The van der Waals surface area contributed by atoms with Crippen molar-refractivity contribution in [2.75, 3.05) is 13.2 Å². The minimum atomic E-state index is -0.654. The number of aryl methyl sites for hydroxylation is 2. The van der Waals surface area contributed by atoms with E-state index in [1.165, 1.54) is 74.9 Å². The van der Waals surface area contributed by atoms with Crippen LogP contribution in [0.2, 0.25) is 0 Å². The Bertz CT molecular complexity index is 2490. The lowest BCUT2D eigenvalue weighted by Crippen LogP contribution is -2.09. The van der Waals surface area contributed by atoms with Gasteiger partial charge < -0.3 is 18.9 Å². The van der Waals surface area contributed by atoms with Crippen molar-refractivity contribution in [3.8, 4) is 45.3 Å². The second kappa shape index (κ2) is 27.3. The molecule has 0 heterocycles. The summed E-state index contributed by atoms with van der Waals surface area (Å²) in [6, 6.07) is 32.0. The van der Waals surface area contributed by atoms with Crippen molar-refractivity contribution >= 4 is 11.9 Å². The lowest BCUT2D eigenvalue weighted by molar-refractivity contribution is 0.0718. The molecule has 67 heavy (non-hydrogen) atoms. The highest BCUT2D eigenvalue weighted by molar-refractivity contribution is 5.92. The highest BCUT2D eigenvalue weighted by Crippen LogP contribution is 2.29. The van der Waals surface area contributed by atoms with E-state index in [0.29, 0.717) is 30.8 Å². The van der Waals surface area contributed by atoms with E-state index >= 15 is 0 Å². The van der Waals surface area contributed by atoms with Crippen molar-refractivity contribution in [1.29, 1.82) is 0 Å². The Morgan fingerprint density at radius 1 is 0.388 bits per heavy atom. The summed E-state index contributed by atoms with van der Waals surface area (Å²) in [6.07, 6.45) is 13.5. The van der Waals surface area contributed by atoms with Gasteiger partial charge in [-0.15, -0.1) is 0 Å². The van der Waals surface area contributed by atoms with Gasteiger partial charge >= 0.3 is 11.9 Å². The van der Waals surface area contributed by atoms with Gasteiger partial charge in [-0.05, 0) is 132 Å². The van der Waals surface area contributed by atoms with Crippen molar-refractivity contribution in [1.82, 2.24) is 0 Å². The Balaban J connectivity index is 0.000000251. The Kier molecular flexibility index (Phi) is 21.0. The molecule has 6 nitrogen and oxygen atoms in total. The van der Waals surface area contributed by atoms with Crippen LogP contribution in [0, 0.1) is 23.3 Å². The molecule has 6 aromatic rings. The first-order valence-corrected chi connectivity index (χ1v) is 23.6. The van der Waals surface area contributed by atoms with Crippen LogP contribution >= 0.6 is 0 Å². The van der Waals surface area contributed by atoms with E-state index in [4.69, 9.17) is 18.9 Å². The molecule has 0 N–H and O–H groups in total. The van der Waals surface area contributed by atoms with Crippen LogP contribution in [0.1, 0.15) is 130 Å². The molecule has 0 aliphatic rings. The molecule has 10 heteroatoms. The number of esters is 2. The number of halogens is 4. The second-order valence-corrected chi connectivity index (χ2v) is 16.4. The number of hydrogen-bond donors (Lipinski definition) is 0. The molecule has 0 spiro atoms. The highest BCUT2D eigenvalue weighted by Gasteiger charge is 2.16. The fourth-order valence-corrected chi connectivity index (χ4v) is 7.20. The van der Waals surface area contributed by atoms with Crippen molar-refractivity contribution in [2.45, 2.75) is 111 Å². The van der Waals surface area contributed by atoms with Crippen LogP contribution in [0.15, 0.2) is 121 Å². The number of unbranched alkanes of at least 4 members (excludes halogenated alkanes) is 8. The van der Waals surface area contributed by atoms with Crippen LogP contribution in [0.5, 0.6) is 23.0 Å². The van der Waals surface area contributed by atoms with Gasteiger partial charge in [0.1, 0.15) is 0 Å². The Labute approximate surface area is 393 Å². The molecule has 0 aliphatic heterocycles. The number of carbonyl (C=O) groups is 2. The summed E-state index contributed by atoms with van der Waals surface area (Å²) in [5.74, 6) is -3.00. The molecule has 0 saturated heterocycles. The molecule has 6 aromatic carbocycles. The maximum absolute atomic E-state index is 14.5. The fraction of sp³-hybridized carbons (Fsp3) is 0.333. The van der Waals surface area contributed by atoms with Gasteiger partial charge in [-0.3, -0.25) is 0 Å². The summed E-state index contributed by atoms with van der Waals surface area (Å²) in [7, 11) is 0. The van der Waals surface area contributed by atoms with Crippen LogP contribution in [-0.4, -0.2) is 25.2 Å². The molecule has 0 unspecified atom stereocenters. The van der Waals surface area contributed by atoms with E-state index in [1.54, 1.807) is 84.9 Å². The molecule has 0 atom stereocenters. The van der Waals surface area contributed by atoms with Gasteiger partial charge in [-0.25, -0.2) is 27.2 Å². The van der Waals surface area contributed by atoms with E-state index in [9.17, 15) is 27.2 Å². The van der Waals surface area contributed by atoms with Gasteiger partial charge in [0.15, 0.2) is 46.3 Å². The molecular formula is C57H62F4O6. The maximum atomic E-state index is 14.5. The van der Waals surface area contributed by atoms with Crippen molar-refractivity contribution in [3.63, 3.8) is 0 Å². The van der Waals surface area contributed by atoms with E-state index < -0.39 is 35.2 Å². The zero-order valence-corrected chi connectivity index (χ0v) is 39.1. The van der Waals surface area contributed by atoms with Gasteiger partial charge in [-0.2, -0.15) is 0 Å². The molecule has 0 aliphatic carbocycles. The quantitative estimate of drug-likeness (QED) is 0.0276. The first-order chi connectivity index (χ1) is 32.5. The average Bonchev–Trinajstić information content (AvgIpc) is 3.34. The average molecular weight is 919 g/mol. The molecule has 354 valence electrons. The second-order valence-electron chi connectivity index (χ2n) is 16.4. The Morgan fingerprint density at radius 2 is 0.761 bits per heavy atom. The summed E-state index contributed by atoms with van der Waals surface area (Å²) >= 11 is 0. The normalized spacial score (nSPS) is 10.8. The minimum absolute atomic E-state index is 0.100. The molecular weight excluding hydrogens is 857 g/mol. The third kappa shape index (κ3) is 16.2.